The van der Waals surface area contributed by atoms with Crippen LogP contribution in [0.25, 0.3) is 0 Å². The first-order valence-electron chi connectivity index (χ1n) is 6.61. The van der Waals surface area contributed by atoms with Gasteiger partial charge in [0.1, 0.15) is 0 Å². The van der Waals surface area contributed by atoms with Crippen LogP contribution in [0.1, 0.15) is 46.0 Å². The second-order valence-electron chi connectivity index (χ2n) is 5.88. The molecule has 0 bridgehead atoms. The lowest BCUT2D eigenvalue weighted by Crippen LogP contribution is -2.46. The van der Waals surface area contributed by atoms with E-state index in [0.29, 0.717) is 0 Å². The van der Waals surface area contributed by atoms with Crippen LogP contribution in [-0.2, 0) is 4.79 Å². The summed E-state index contributed by atoms with van der Waals surface area (Å²) >= 11 is 0. The third kappa shape index (κ3) is 3.35. The molecule has 100 valence electrons. The lowest BCUT2D eigenvalue weighted by Gasteiger charge is -2.24. The molecular weight excluding hydrogens is 236 g/mol. The molecule has 4 heteroatoms. The third-order valence-electron chi connectivity index (χ3n) is 4.22. The Hall–Kier alpha value is -0.280. The lowest BCUT2D eigenvalue weighted by atomic mass is 9.89. The van der Waals surface area contributed by atoms with Crippen LogP contribution < -0.4 is 5.73 Å². The molecule has 1 amide bonds. The van der Waals surface area contributed by atoms with Crippen LogP contribution in [-0.4, -0.2) is 29.4 Å². The summed E-state index contributed by atoms with van der Waals surface area (Å²) in [5, 5.41) is 0. The zero-order valence-electron chi connectivity index (χ0n) is 10.9. The third-order valence-corrected chi connectivity index (χ3v) is 4.22. The topological polar surface area (TPSA) is 46.3 Å². The minimum atomic E-state index is -0.475. The van der Waals surface area contributed by atoms with E-state index in [9.17, 15) is 4.79 Å². The van der Waals surface area contributed by atoms with Crippen molar-refractivity contribution in [2.45, 2.75) is 51.5 Å². The fraction of sp³-hybridized carbons (Fsp3) is 0.923. The van der Waals surface area contributed by atoms with E-state index in [1.807, 2.05) is 4.90 Å². The maximum atomic E-state index is 12.1. The Morgan fingerprint density at radius 3 is 2.47 bits per heavy atom. The molecule has 1 unspecified atom stereocenters. The van der Waals surface area contributed by atoms with E-state index in [0.717, 1.165) is 50.6 Å². The monoisotopic (exact) mass is 260 g/mol. The predicted molar refractivity (Wildman–Crippen MR) is 72.2 cm³/mol. The van der Waals surface area contributed by atoms with Gasteiger partial charge >= 0.3 is 0 Å². The highest BCUT2D eigenvalue weighted by Crippen LogP contribution is 2.35. The van der Waals surface area contributed by atoms with E-state index in [2.05, 4.69) is 13.8 Å². The van der Waals surface area contributed by atoms with E-state index < -0.39 is 5.54 Å². The van der Waals surface area contributed by atoms with Crippen molar-refractivity contribution in [1.82, 2.24) is 4.90 Å². The average molecular weight is 261 g/mol. The molecule has 2 rings (SSSR count). The minimum Gasteiger partial charge on any atom is -0.341 e. The summed E-state index contributed by atoms with van der Waals surface area (Å²) < 4.78 is 0. The molecule has 1 aliphatic carbocycles. The van der Waals surface area contributed by atoms with Crippen LogP contribution in [0.5, 0.6) is 0 Å². The zero-order valence-corrected chi connectivity index (χ0v) is 11.8. The van der Waals surface area contributed by atoms with Crippen LogP contribution in [0.2, 0.25) is 0 Å². The van der Waals surface area contributed by atoms with Gasteiger partial charge in [0.15, 0.2) is 0 Å². The van der Waals surface area contributed by atoms with Gasteiger partial charge in [-0.1, -0.05) is 13.8 Å². The van der Waals surface area contributed by atoms with Gasteiger partial charge in [-0.05, 0) is 43.9 Å². The summed E-state index contributed by atoms with van der Waals surface area (Å²) in [6, 6.07) is 0. The van der Waals surface area contributed by atoms with Crippen molar-refractivity contribution in [3.05, 3.63) is 0 Å². The number of rotatable bonds is 2. The molecule has 0 aromatic heterocycles. The Morgan fingerprint density at radius 2 is 1.94 bits per heavy atom. The van der Waals surface area contributed by atoms with Gasteiger partial charge in [-0.15, -0.1) is 12.4 Å². The number of carbonyl (C=O) groups is 1. The van der Waals surface area contributed by atoms with E-state index in [1.54, 1.807) is 0 Å². The zero-order chi connectivity index (χ0) is 11.8. The maximum absolute atomic E-state index is 12.1. The molecular formula is C13H25ClN2O. The van der Waals surface area contributed by atoms with Gasteiger partial charge in [-0.2, -0.15) is 0 Å². The molecule has 1 atom stereocenters. The molecule has 1 saturated carbocycles. The minimum absolute atomic E-state index is 0. The maximum Gasteiger partial charge on any atom is 0.242 e. The van der Waals surface area contributed by atoms with Crippen LogP contribution in [0.15, 0.2) is 0 Å². The lowest BCUT2D eigenvalue weighted by molar-refractivity contribution is -0.133. The second kappa shape index (κ2) is 5.57. The molecule has 0 aromatic carbocycles. The highest BCUT2D eigenvalue weighted by Gasteiger charge is 2.48. The molecule has 1 saturated heterocycles. The smallest absolute Gasteiger partial charge is 0.242 e. The van der Waals surface area contributed by atoms with Crippen molar-refractivity contribution in [3.63, 3.8) is 0 Å². The Morgan fingerprint density at radius 1 is 1.29 bits per heavy atom. The van der Waals surface area contributed by atoms with Crippen molar-refractivity contribution in [2.24, 2.45) is 17.6 Å². The summed E-state index contributed by atoms with van der Waals surface area (Å²) in [6.07, 6.45) is 5.33. The molecule has 0 aromatic rings. The fourth-order valence-corrected chi connectivity index (χ4v) is 2.66. The second-order valence-corrected chi connectivity index (χ2v) is 5.88. The van der Waals surface area contributed by atoms with Crippen molar-refractivity contribution in [3.8, 4) is 0 Å². The molecule has 3 nitrogen and oxygen atoms in total. The highest BCUT2D eigenvalue weighted by atomic mass is 35.5. The van der Waals surface area contributed by atoms with Gasteiger partial charge in [-0.3, -0.25) is 4.79 Å². The number of carbonyl (C=O) groups excluding carboxylic acids is 1. The summed E-state index contributed by atoms with van der Waals surface area (Å²) in [4.78, 5) is 14.1. The molecule has 2 N–H and O–H groups in total. The van der Waals surface area contributed by atoms with Crippen molar-refractivity contribution >= 4 is 18.3 Å². The van der Waals surface area contributed by atoms with Crippen LogP contribution >= 0.6 is 12.4 Å². The predicted octanol–water partition coefficient (Wildman–Crippen LogP) is 2.18. The quantitative estimate of drug-likeness (QED) is 0.827. The number of hydrogen-bond donors (Lipinski definition) is 1. The molecule has 1 aliphatic heterocycles. The Balaban J connectivity index is 0.00000144. The summed E-state index contributed by atoms with van der Waals surface area (Å²) in [5.41, 5.74) is 5.50. The Labute approximate surface area is 111 Å². The van der Waals surface area contributed by atoms with Crippen molar-refractivity contribution in [2.75, 3.05) is 13.1 Å². The van der Waals surface area contributed by atoms with Gasteiger partial charge in [-0.25, -0.2) is 0 Å². The van der Waals surface area contributed by atoms with Crippen molar-refractivity contribution < 1.29 is 4.79 Å². The normalized spacial score (nSPS) is 27.3. The van der Waals surface area contributed by atoms with E-state index in [4.69, 9.17) is 5.73 Å². The SMILES string of the molecule is CC(C)C1CCCN(C(=O)C2(N)CC2)CC1.Cl. The first-order valence-corrected chi connectivity index (χ1v) is 6.61. The van der Waals surface area contributed by atoms with Gasteiger partial charge < -0.3 is 10.6 Å². The molecule has 2 aliphatic rings. The van der Waals surface area contributed by atoms with Gasteiger partial charge in [0.25, 0.3) is 0 Å². The molecule has 1 heterocycles. The summed E-state index contributed by atoms with van der Waals surface area (Å²) in [7, 11) is 0. The van der Waals surface area contributed by atoms with Crippen LogP contribution in [0.3, 0.4) is 0 Å². The molecule has 0 spiro atoms. The first kappa shape index (κ1) is 14.8. The molecule has 2 fully saturated rings. The van der Waals surface area contributed by atoms with Gasteiger partial charge in [0.05, 0.1) is 5.54 Å². The number of halogens is 1. The molecule has 17 heavy (non-hydrogen) atoms. The van der Waals surface area contributed by atoms with E-state index in [1.165, 1.54) is 6.42 Å². The van der Waals surface area contributed by atoms with Gasteiger partial charge in [0, 0.05) is 13.1 Å². The first-order chi connectivity index (χ1) is 7.53. The van der Waals surface area contributed by atoms with E-state index >= 15 is 0 Å². The molecule has 0 radical (unpaired) electrons. The number of likely N-dealkylation sites (tertiary alicyclic amines) is 1. The van der Waals surface area contributed by atoms with E-state index in [-0.39, 0.29) is 18.3 Å². The standard InChI is InChI=1S/C13H24N2O.ClH/c1-10(2)11-4-3-8-15(9-5-11)12(16)13(14)6-7-13;/h10-11H,3-9,14H2,1-2H3;1H. The number of amides is 1. The van der Waals surface area contributed by atoms with Crippen molar-refractivity contribution in [1.29, 1.82) is 0 Å². The largest absolute Gasteiger partial charge is 0.341 e. The fourth-order valence-electron chi connectivity index (χ4n) is 2.66. The number of nitrogens with two attached hydrogens (primary N) is 1. The van der Waals surface area contributed by atoms with Gasteiger partial charge in [0.2, 0.25) is 5.91 Å². The summed E-state index contributed by atoms with van der Waals surface area (Å²) in [5.74, 6) is 1.73. The number of hydrogen-bond acceptors (Lipinski definition) is 2. The Bertz CT molecular complexity index is 277. The highest BCUT2D eigenvalue weighted by molar-refractivity contribution is 5.89. The Kier molecular flexibility index (Phi) is 4.85. The van der Waals surface area contributed by atoms with Crippen LogP contribution in [0, 0.1) is 11.8 Å². The summed E-state index contributed by atoms with van der Waals surface area (Å²) in [6.45, 7) is 6.41. The number of nitrogens with zero attached hydrogens (tertiary/aromatic N) is 1. The average Bonchev–Trinajstić information content (AvgIpc) is 3.00. The van der Waals surface area contributed by atoms with Crippen LogP contribution in [0.4, 0.5) is 0 Å².